The van der Waals surface area contributed by atoms with E-state index in [4.69, 9.17) is 0 Å². The predicted octanol–water partition coefficient (Wildman–Crippen LogP) is 11.7. The third-order valence-corrected chi connectivity index (χ3v) is 10.5. The Kier molecular flexibility index (Phi) is 7.43. The van der Waals surface area contributed by atoms with E-state index in [2.05, 4.69) is 115 Å². The highest BCUT2D eigenvalue weighted by Crippen LogP contribution is 2.34. The van der Waals surface area contributed by atoms with Crippen molar-refractivity contribution in [1.29, 1.82) is 0 Å². The second-order valence-corrected chi connectivity index (χ2v) is 13.6. The summed E-state index contributed by atoms with van der Waals surface area (Å²) in [4.78, 5) is 26.7. The molecule has 0 fully saturated rings. The summed E-state index contributed by atoms with van der Waals surface area (Å²) in [5.41, 5.74) is 6.14. The van der Waals surface area contributed by atoms with E-state index in [9.17, 15) is 9.59 Å². The van der Waals surface area contributed by atoms with Crippen molar-refractivity contribution < 1.29 is 9.59 Å². The van der Waals surface area contributed by atoms with Crippen LogP contribution in [0.1, 0.15) is 55.3 Å². The minimum absolute atomic E-state index is 0.198. The highest BCUT2D eigenvalue weighted by molar-refractivity contribution is 6.42. The normalized spacial score (nSPS) is 13.4. The van der Waals surface area contributed by atoms with Gasteiger partial charge in [-0.2, -0.15) is 0 Å². The molecule has 1 unspecified atom stereocenters. The molecule has 0 saturated carbocycles. The fourth-order valence-corrected chi connectivity index (χ4v) is 7.79. The molecule has 2 nitrogen and oxygen atoms in total. The van der Waals surface area contributed by atoms with Crippen molar-refractivity contribution in [3.05, 3.63) is 197 Å². The lowest BCUT2D eigenvalue weighted by molar-refractivity contribution is 0.0990. The number of benzene rings is 8. The first-order valence-electron chi connectivity index (χ1n) is 17.4. The number of hydrogen-bond acceptors (Lipinski definition) is 2. The number of Topliss-reactive ketones (excluding diaryl/α,β-unsaturated/α-hetero) is 2. The first kappa shape index (κ1) is 30.0. The molecule has 2 heteroatoms. The fraction of sp³-hybridized carbons (Fsp3) is 0.0833. The largest absolute Gasteiger partial charge is 0.288 e. The zero-order chi connectivity index (χ0) is 33.6. The summed E-state index contributed by atoms with van der Waals surface area (Å²) in [5.74, 6) is -0.0374. The number of allylic oxidation sites excluding steroid dienone is 1. The average Bonchev–Trinajstić information content (AvgIpc) is 3.39. The van der Waals surface area contributed by atoms with E-state index >= 15 is 0 Å². The number of aryl methyl sites for hydroxylation is 1. The maximum absolute atomic E-state index is 13.3. The molecule has 1 atom stereocenters. The molecular formula is C48H34O2. The summed E-state index contributed by atoms with van der Waals surface area (Å²) in [6.07, 6.45) is 4.71. The van der Waals surface area contributed by atoms with Gasteiger partial charge in [-0.1, -0.05) is 140 Å². The number of rotatable bonds is 7. The quantitative estimate of drug-likeness (QED) is 0.128. The smallest absolute Gasteiger partial charge is 0.197 e. The van der Waals surface area contributed by atoms with Crippen LogP contribution < -0.4 is 0 Å². The summed E-state index contributed by atoms with van der Waals surface area (Å²) in [7, 11) is 0. The van der Waals surface area contributed by atoms with Crippen LogP contribution >= 0.6 is 0 Å². The molecule has 0 heterocycles. The van der Waals surface area contributed by atoms with Gasteiger partial charge in [-0.15, -0.1) is 0 Å². The van der Waals surface area contributed by atoms with Crippen LogP contribution in [0.25, 0.3) is 49.2 Å². The third-order valence-electron chi connectivity index (χ3n) is 10.5. The SMILES string of the molecule is O=C1C(=Cc2ccc3cc(CCC(Cc4cccc5ccccc45)c4ccc5ccccc5c4)ccc3c2)C(=O)c2cc3ccccc3cc21. The summed E-state index contributed by atoms with van der Waals surface area (Å²) in [6, 6.07) is 55.3. The van der Waals surface area contributed by atoms with E-state index in [0.717, 1.165) is 46.4 Å². The Morgan fingerprint density at radius 2 is 1.06 bits per heavy atom. The van der Waals surface area contributed by atoms with Crippen molar-refractivity contribution >= 4 is 60.7 Å². The molecular weight excluding hydrogens is 609 g/mol. The van der Waals surface area contributed by atoms with Crippen molar-refractivity contribution in [3.63, 3.8) is 0 Å². The summed E-state index contributed by atoms with van der Waals surface area (Å²) in [6.45, 7) is 0. The molecule has 0 amide bonds. The maximum atomic E-state index is 13.3. The summed E-state index contributed by atoms with van der Waals surface area (Å²) in [5, 5.41) is 9.33. The second kappa shape index (κ2) is 12.4. The molecule has 8 aromatic rings. The van der Waals surface area contributed by atoms with Crippen molar-refractivity contribution in [2.45, 2.75) is 25.2 Å². The number of ketones is 2. The molecule has 0 saturated heterocycles. The van der Waals surface area contributed by atoms with Gasteiger partial charge >= 0.3 is 0 Å². The van der Waals surface area contributed by atoms with E-state index in [0.29, 0.717) is 17.0 Å². The Balaban J connectivity index is 0.986. The molecule has 0 aromatic heterocycles. The van der Waals surface area contributed by atoms with Gasteiger partial charge in [0.25, 0.3) is 0 Å². The van der Waals surface area contributed by atoms with Gasteiger partial charge in [0.05, 0.1) is 5.57 Å². The lowest BCUT2D eigenvalue weighted by Crippen LogP contribution is -2.06. The average molecular weight is 643 g/mol. The molecule has 1 aliphatic rings. The standard InChI is InChI=1S/C48H34O2/c49-47-44-29-36-11-3-4-12-37(36)30-45(44)48(50)46(47)26-32-18-21-38-24-31(16-19-39(38)25-32)17-20-40(41-23-22-33-8-1-2-10-35(33)27-41)28-42-14-7-13-34-9-5-6-15-43(34)42/h1-16,18-19,21-27,29-30,40H,17,20,28H2. The van der Waals surface area contributed by atoms with E-state index in [1.54, 1.807) is 6.08 Å². The second-order valence-electron chi connectivity index (χ2n) is 13.6. The minimum Gasteiger partial charge on any atom is -0.288 e. The summed E-state index contributed by atoms with van der Waals surface area (Å²) < 4.78 is 0. The van der Waals surface area contributed by atoms with Gasteiger partial charge in [-0.05, 0) is 115 Å². The molecule has 0 bridgehead atoms. The first-order valence-corrected chi connectivity index (χ1v) is 17.4. The molecule has 9 rings (SSSR count). The lowest BCUT2D eigenvalue weighted by Gasteiger charge is -2.20. The highest BCUT2D eigenvalue weighted by Gasteiger charge is 2.33. The first-order chi connectivity index (χ1) is 24.6. The molecule has 0 radical (unpaired) electrons. The Bertz CT molecular complexity index is 2620. The van der Waals surface area contributed by atoms with E-state index in [-0.39, 0.29) is 17.1 Å². The Hall–Kier alpha value is -6.12. The van der Waals surface area contributed by atoms with E-state index in [1.165, 1.54) is 38.2 Å². The predicted molar refractivity (Wildman–Crippen MR) is 207 cm³/mol. The van der Waals surface area contributed by atoms with Gasteiger partial charge in [-0.25, -0.2) is 0 Å². The zero-order valence-corrected chi connectivity index (χ0v) is 27.6. The van der Waals surface area contributed by atoms with E-state index in [1.807, 2.05) is 42.5 Å². The molecule has 238 valence electrons. The third kappa shape index (κ3) is 5.49. The van der Waals surface area contributed by atoms with E-state index < -0.39 is 0 Å². The molecule has 50 heavy (non-hydrogen) atoms. The number of fused-ring (bicyclic) bond motifs is 5. The number of hydrogen-bond donors (Lipinski definition) is 0. The van der Waals surface area contributed by atoms with Crippen LogP contribution in [0.2, 0.25) is 0 Å². The van der Waals surface area contributed by atoms with Crippen molar-refractivity contribution in [2.24, 2.45) is 0 Å². The van der Waals surface area contributed by atoms with Crippen LogP contribution in [-0.2, 0) is 12.8 Å². The van der Waals surface area contributed by atoms with Crippen molar-refractivity contribution in [1.82, 2.24) is 0 Å². The zero-order valence-electron chi connectivity index (χ0n) is 27.6. The Morgan fingerprint density at radius 3 is 1.82 bits per heavy atom. The van der Waals surface area contributed by atoms with Gasteiger partial charge in [0.2, 0.25) is 0 Å². The van der Waals surface area contributed by atoms with Crippen molar-refractivity contribution in [2.75, 3.05) is 0 Å². The highest BCUT2D eigenvalue weighted by atomic mass is 16.2. The van der Waals surface area contributed by atoms with Crippen LogP contribution in [0, 0.1) is 0 Å². The maximum Gasteiger partial charge on any atom is 0.197 e. The van der Waals surface area contributed by atoms with Crippen molar-refractivity contribution in [3.8, 4) is 0 Å². The van der Waals surface area contributed by atoms with Crippen LogP contribution in [0.5, 0.6) is 0 Å². The van der Waals surface area contributed by atoms with Crippen LogP contribution in [-0.4, -0.2) is 11.6 Å². The van der Waals surface area contributed by atoms with Crippen LogP contribution in [0.4, 0.5) is 0 Å². The molecule has 0 spiro atoms. The van der Waals surface area contributed by atoms with Gasteiger partial charge in [0.15, 0.2) is 11.6 Å². The number of carbonyl (C=O) groups is 2. The molecule has 0 aliphatic heterocycles. The van der Waals surface area contributed by atoms with Gasteiger partial charge in [0.1, 0.15) is 0 Å². The molecule has 8 aromatic carbocycles. The Morgan fingerprint density at radius 1 is 0.480 bits per heavy atom. The Labute approximate surface area is 291 Å². The molecule has 0 N–H and O–H groups in total. The minimum atomic E-state index is -0.198. The fourth-order valence-electron chi connectivity index (χ4n) is 7.79. The van der Waals surface area contributed by atoms with Gasteiger partial charge in [-0.3, -0.25) is 9.59 Å². The molecule has 1 aliphatic carbocycles. The van der Waals surface area contributed by atoms with Gasteiger partial charge < -0.3 is 0 Å². The summed E-state index contributed by atoms with van der Waals surface area (Å²) >= 11 is 0. The van der Waals surface area contributed by atoms with Crippen LogP contribution in [0.3, 0.4) is 0 Å². The monoisotopic (exact) mass is 642 g/mol. The van der Waals surface area contributed by atoms with Crippen LogP contribution in [0.15, 0.2) is 163 Å². The topological polar surface area (TPSA) is 34.1 Å². The lowest BCUT2D eigenvalue weighted by atomic mass is 9.84. The number of carbonyl (C=O) groups excluding carboxylic acids is 2. The van der Waals surface area contributed by atoms with Gasteiger partial charge in [0, 0.05) is 11.1 Å².